The van der Waals surface area contributed by atoms with E-state index in [1.165, 1.54) is 19.3 Å². The molecule has 2 rings (SSSR count). The van der Waals surface area contributed by atoms with Crippen LogP contribution in [0.5, 0.6) is 0 Å². The molecule has 1 aromatic carbocycles. The summed E-state index contributed by atoms with van der Waals surface area (Å²) in [5.41, 5.74) is 1.90. The first-order chi connectivity index (χ1) is 8.33. The Morgan fingerprint density at radius 2 is 2.24 bits per heavy atom. The third kappa shape index (κ3) is 3.24. The molecule has 1 N–H and O–H groups in total. The number of nitrogens with one attached hydrogen (secondary N) is 1. The fourth-order valence-electron chi connectivity index (χ4n) is 2.38. The monoisotopic (exact) mass is 246 g/mol. The Kier molecular flexibility index (Phi) is 4.47. The van der Waals surface area contributed by atoms with Gasteiger partial charge in [-0.1, -0.05) is 18.2 Å². The molecule has 0 amide bonds. The molecule has 90 valence electrons. The van der Waals surface area contributed by atoms with Crippen LogP contribution < -0.4 is 5.32 Å². The van der Waals surface area contributed by atoms with Gasteiger partial charge in [-0.05, 0) is 37.1 Å². The van der Waals surface area contributed by atoms with E-state index in [9.17, 15) is 0 Å². The standard InChI is InChI=1S/C14H18N2S/c1-17-14-7-6-13(8-14)16-10-12-5-3-2-4-11(12)9-15/h2-5,13-14,16H,6-8,10H2,1H3. The van der Waals surface area contributed by atoms with E-state index < -0.39 is 0 Å². The van der Waals surface area contributed by atoms with Crippen LogP contribution in [0.15, 0.2) is 24.3 Å². The molecule has 0 bridgehead atoms. The minimum absolute atomic E-state index is 0.624. The van der Waals surface area contributed by atoms with E-state index in [4.69, 9.17) is 5.26 Å². The molecule has 2 atom stereocenters. The van der Waals surface area contributed by atoms with Crippen molar-refractivity contribution in [2.75, 3.05) is 6.26 Å². The van der Waals surface area contributed by atoms with Gasteiger partial charge in [0.1, 0.15) is 0 Å². The van der Waals surface area contributed by atoms with Gasteiger partial charge in [0.25, 0.3) is 0 Å². The Balaban J connectivity index is 1.88. The van der Waals surface area contributed by atoms with E-state index in [2.05, 4.69) is 17.6 Å². The van der Waals surface area contributed by atoms with Crippen LogP contribution in [0.3, 0.4) is 0 Å². The Bertz CT molecular complexity index is 411. The van der Waals surface area contributed by atoms with Crippen molar-refractivity contribution in [2.45, 2.75) is 37.1 Å². The number of thioether (sulfide) groups is 1. The molecule has 0 spiro atoms. The van der Waals surface area contributed by atoms with Crippen LogP contribution in [-0.2, 0) is 6.54 Å². The maximum absolute atomic E-state index is 9.01. The Morgan fingerprint density at radius 1 is 1.41 bits per heavy atom. The first-order valence-corrected chi connectivity index (χ1v) is 7.36. The highest BCUT2D eigenvalue weighted by molar-refractivity contribution is 7.99. The highest BCUT2D eigenvalue weighted by Crippen LogP contribution is 2.28. The number of hydrogen-bond acceptors (Lipinski definition) is 3. The Morgan fingerprint density at radius 3 is 2.94 bits per heavy atom. The molecule has 0 aliphatic heterocycles. The summed E-state index contributed by atoms with van der Waals surface area (Å²) in [5, 5.41) is 13.4. The molecule has 1 aliphatic carbocycles. The van der Waals surface area contributed by atoms with Gasteiger partial charge in [0.15, 0.2) is 0 Å². The Labute approximate surface area is 107 Å². The second-order valence-electron chi connectivity index (χ2n) is 4.52. The molecule has 0 saturated heterocycles. The fraction of sp³-hybridized carbons (Fsp3) is 0.500. The zero-order valence-corrected chi connectivity index (χ0v) is 11.0. The van der Waals surface area contributed by atoms with Crippen molar-refractivity contribution in [3.8, 4) is 6.07 Å². The molecule has 1 aliphatic rings. The zero-order chi connectivity index (χ0) is 12.1. The number of nitriles is 1. The van der Waals surface area contributed by atoms with Crippen molar-refractivity contribution in [3.63, 3.8) is 0 Å². The van der Waals surface area contributed by atoms with Gasteiger partial charge in [0, 0.05) is 17.8 Å². The average molecular weight is 246 g/mol. The highest BCUT2D eigenvalue weighted by Gasteiger charge is 2.23. The summed E-state index contributed by atoms with van der Waals surface area (Å²) in [6.07, 6.45) is 6.03. The lowest BCUT2D eigenvalue weighted by atomic mass is 10.1. The Hall–Kier alpha value is -0.980. The average Bonchev–Trinajstić information content (AvgIpc) is 2.84. The lowest BCUT2D eigenvalue weighted by molar-refractivity contribution is 0.525. The van der Waals surface area contributed by atoms with Gasteiger partial charge < -0.3 is 5.32 Å². The van der Waals surface area contributed by atoms with E-state index in [0.29, 0.717) is 6.04 Å². The summed E-state index contributed by atoms with van der Waals surface area (Å²) in [6.45, 7) is 0.815. The zero-order valence-electron chi connectivity index (χ0n) is 10.1. The quantitative estimate of drug-likeness (QED) is 0.887. The van der Waals surface area contributed by atoms with Crippen molar-refractivity contribution < 1.29 is 0 Å². The summed E-state index contributed by atoms with van der Waals surface area (Å²) in [6, 6.07) is 10.7. The second-order valence-corrected chi connectivity index (χ2v) is 5.66. The third-order valence-corrected chi connectivity index (χ3v) is 4.53. The van der Waals surface area contributed by atoms with E-state index in [1.807, 2.05) is 36.0 Å². The van der Waals surface area contributed by atoms with Crippen LogP contribution >= 0.6 is 11.8 Å². The van der Waals surface area contributed by atoms with Crippen molar-refractivity contribution >= 4 is 11.8 Å². The topological polar surface area (TPSA) is 35.8 Å². The van der Waals surface area contributed by atoms with E-state index in [-0.39, 0.29) is 0 Å². The number of hydrogen-bond donors (Lipinski definition) is 1. The van der Waals surface area contributed by atoms with Gasteiger partial charge in [-0.2, -0.15) is 17.0 Å². The van der Waals surface area contributed by atoms with Crippen LogP contribution in [0.4, 0.5) is 0 Å². The van der Waals surface area contributed by atoms with Gasteiger partial charge in [-0.3, -0.25) is 0 Å². The summed E-state index contributed by atoms with van der Waals surface area (Å²) in [4.78, 5) is 0. The summed E-state index contributed by atoms with van der Waals surface area (Å²) >= 11 is 1.97. The van der Waals surface area contributed by atoms with Crippen LogP contribution in [0.1, 0.15) is 30.4 Å². The summed E-state index contributed by atoms with van der Waals surface area (Å²) < 4.78 is 0. The predicted octanol–water partition coefficient (Wildman–Crippen LogP) is 2.93. The van der Waals surface area contributed by atoms with E-state index >= 15 is 0 Å². The van der Waals surface area contributed by atoms with Crippen LogP contribution in [0.25, 0.3) is 0 Å². The van der Waals surface area contributed by atoms with Gasteiger partial charge >= 0.3 is 0 Å². The summed E-state index contributed by atoms with van der Waals surface area (Å²) in [5.74, 6) is 0. The smallest absolute Gasteiger partial charge is 0.0995 e. The fourth-order valence-corrected chi connectivity index (χ4v) is 3.17. The van der Waals surface area contributed by atoms with Gasteiger partial charge in [0.2, 0.25) is 0 Å². The van der Waals surface area contributed by atoms with Crippen LogP contribution in [0.2, 0.25) is 0 Å². The molecule has 3 heteroatoms. The molecule has 1 fully saturated rings. The van der Waals surface area contributed by atoms with Crippen molar-refractivity contribution in [1.29, 1.82) is 5.26 Å². The molecule has 0 heterocycles. The maximum atomic E-state index is 9.01. The predicted molar refractivity (Wildman–Crippen MR) is 72.9 cm³/mol. The SMILES string of the molecule is CSC1CCC(NCc2ccccc2C#N)C1. The molecule has 1 saturated carbocycles. The highest BCUT2D eigenvalue weighted by atomic mass is 32.2. The molecule has 1 aromatic rings. The van der Waals surface area contributed by atoms with Crippen LogP contribution in [-0.4, -0.2) is 17.5 Å². The van der Waals surface area contributed by atoms with Gasteiger partial charge in [0.05, 0.1) is 11.6 Å². The second kappa shape index (κ2) is 6.09. The molecule has 17 heavy (non-hydrogen) atoms. The lowest BCUT2D eigenvalue weighted by Crippen LogP contribution is -2.26. The first kappa shape index (κ1) is 12.5. The normalized spacial score (nSPS) is 23.5. The molecular formula is C14H18N2S. The van der Waals surface area contributed by atoms with Gasteiger partial charge in [-0.25, -0.2) is 0 Å². The third-order valence-electron chi connectivity index (χ3n) is 3.44. The number of rotatable bonds is 4. The van der Waals surface area contributed by atoms with E-state index in [1.54, 1.807) is 0 Å². The van der Waals surface area contributed by atoms with Crippen LogP contribution in [0, 0.1) is 11.3 Å². The molecule has 2 nitrogen and oxygen atoms in total. The first-order valence-electron chi connectivity index (χ1n) is 6.07. The van der Waals surface area contributed by atoms with E-state index in [0.717, 1.165) is 22.9 Å². The lowest BCUT2D eigenvalue weighted by Gasteiger charge is -2.13. The molecular weight excluding hydrogens is 228 g/mol. The minimum Gasteiger partial charge on any atom is -0.310 e. The summed E-state index contributed by atoms with van der Waals surface area (Å²) in [7, 11) is 0. The molecule has 0 radical (unpaired) electrons. The van der Waals surface area contributed by atoms with Crippen molar-refractivity contribution in [1.82, 2.24) is 5.32 Å². The van der Waals surface area contributed by atoms with Crippen molar-refractivity contribution in [2.24, 2.45) is 0 Å². The maximum Gasteiger partial charge on any atom is 0.0995 e. The van der Waals surface area contributed by atoms with Gasteiger partial charge in [-0.15, -0.1) is 0 Å². The largest absolute Gasteiger partial charge is 0.310 e. The molecule has 0 aromatic heterocycles. The number of benzene rings is 1. The minimum atomic E-state index is 0.624. The van der Waals surface area contributed by atoms with Crippen molar-refractivity contribution in [3.05, 3.63) is 35.4 Å². The molecule has 2 unspecified atom stereocenters. The number of nitrogens with zero attached hydrogens (tertiary/aromatic N) is 1.